The van der Waals surface area contributed by atoms with E-state index in [1.165, 1.54) is 18.4 Å². The molecule has 1 fully saturated rings. The van der Waals surface area contributed by atoms with Gasteiger partial charge in [-0.1, -0.05) is 53.6 Å². The van der Waals surface area contributed by atoms with Crippen LogP contribution in [0, 0.1) is 11.8 Å². The van der Waals surface area contributed by atoms with E-state index in [1.807, 2.05) is 24.3 Å². The third kappa shape index (κ3) is 3.11. The van der Waals surface area contributed by atoms with Crippen LogP contribution in [0.2, 0.25) is 0 Å². The van der Waals surface area contributed by atoms with E-state index in [1.54, 1.807) is 0 Å². The third-order valence-corrected chi connectivity index (χ3v) is 5.10. The Morgan fingerprint density at radius 3 is 2.71 bits per heavy atom. The monoisotopic (exact) mass is 347 g/mol. The van der Waals surface area contributed by atoms with Gasteiger partial charge in [0, 0.05) is 6.42 Å². The number of carbonyl (C=O) groups is 1. The summed E-state index contributed by atoms with van der Waals surface area (Å²) in [6.07, 6.45) is 11.1. The molecule has 0 radical (unpaired) electrons. The van der Waals surface area contributed by atoms with Gasteiger partial charge in [-0.25, -0.2) is 9.18 Å². The molecule has 0 bridgehead atoms. The molecule has 126 valence electrons. The van der Waals surface area contributed by atoms with Gasteiger partial charge in [-0.15, -0.1) is 0 Å². The number of carboxylic acid groups (broad SMARTS) is 1. The zero-order valence-corrected chi connectivity index (χ0v) is 13.9. The first kappa shape index (κ1) is 16.8. The van der Waals surface area contributed by atoms with Crippen molar-refractivity contribution in [3.8, 4) is 0 Å². The van der Waals surface area contributed by atoms with Gasteiger partial charge in [0.2, 0.25) is 0 Å². The van der Waals surface area contributed by atoms with Crippen molar-refractivity contribution in [1.82, 2.24) is 0 Å². The van der Waals surface area contributed by atoms with Gasteiger partial charge >= 0.3 is 5.97 Å². The maximum absolute atomic E-state index is 14.9. The SMILES string of the molecule is C=C1CC(C(=O)O)=C(Cl)C(N)=C(F)C1C1=CC=C(C2CC2)CC=C1. The van der Waals surface area contributed by atoms with Crippen LogP contribution in [0.3, 0.4) is 0 Å². The summed E-state index contributed by atoms with van der Waals surface area (Å²) in [6, 6.07) is 0. The molecule has 0 aliphatic heterocycles. The number of aliphatic carboxylic acids is 1. The number of hydrogen-bond acceptors (Lipinski definition) is 2. The van der Waals surface area contributed by atoms with E-state index in [4.69, 9.17) is 17.3 Å². The predicted molar refractivity (Wildman–Crippen MR) is 92.7 cm³/mol. The van der Waals surface area contributed by atoms with Crippen LogP contribution in [-0.2, 0) is 4.79 Å². The Bertz CT molecular complexity index is 766. The second-order valence-electron chi connectivity index (χ2n) is 6.42. The molecule has 0 spiro atoms. The highest BCUT2D eigenvalue weighted by Crippen LogP contribution is 2.42. The number of rotatable bonds is 3. The van der Waals surface area contributed by atoms with E-state index in [0.29, 0.717) is 17.1 Å². The summed E-state index contributed by atoms with van der Waals surface area (Å²) < 4.78 is 14.9. The van der Waals surface area contributed by atoms with Gasteiger partial charge in [-0.3, -0.25) is 0 Å². The van der Waals surface area contributed by atoms with Gasteiger partial charge in [0.1, 0.15) is 5.83 Å². The Labute approximate surface area is 145 Å². The molecule has 24 heavy (non-hydrogen) atoms. The first-order chi connectivity index (χ1) is 11.4. The summed E-state index contributed by atoms with van der Waals surface area (Å²) in [5.41, 5.74) is 7.83. The van der Waals surface area contributed by atoms with Crippen molar-refractivity contribution >= 4 is 17.6 Å². The third-order valence-electron chi connectivity index (χ3n) is 4.67. The molecule has 1 unspecified atom stereocenters. The molecule has 3 nitrogen and oxygen atoms in total. The van der Waals surface area contributed by atoms with Gasteiger partial charge < -0.3 is 10.8 Å². The number of halogens is 2. The fourth-order valence-corrected chi connectivity index (χ4v) is 3.41. The van der Waals surface area contributed by atoms with E-state index in [9.17, 15) is 14.3 Å². The Balaban J connectivity index is 2.00. The number of allylic oxidation sites excluding steroid dienone is 9. The minimum Gasteiger partial charge on any atom is -0.478 e. The summed E-state index contributed by atoms with van der Waals surface area (Å²) in [4.78, 5) is 11.4. The number of nitrogens with two attached hydrogens (primary N) is 1. The van der Waals surface area contributed by atoms with Crippen molar-refractivity contribution in [3.05, 3.63) is 69.7 Å². The summed E-state index contributed by atoms with van der Waals surface area (Å²) in [7, 11) is 0. The lowest BCUT2D eigenvalue weighted by Crippen LogP contribution is -2.10. The van der Waals surface area contributed by atoms with Gasteiger partial charge in [0.25, 0.3) is 0 Å². The molecule has 3 aliphatic rings. The molecule has 0 amide bonds. The van der Waals surface area contributed by atoms with Crippen molar-refractivity contribution in [2.75, 3.05) is 0 Å². The van der Waals surface area contributed by atoms with Crippen LogP contribution in [0.5, 0.6) is 0 Å². The average Bonchev–Trinajstić information content (AvgIpc) is 3.37. The van der Waals surface area contributed by atoms with Crippen LogP contribution in [0.15, 0.2) is 69.7 Å². The largest absolute Gasteiger partial charge is 0.478 e. The molecule has 1 saturated carbocycles. The van der Waals surface area contributed by atoms with E-state index < -0.39 is 17.7 Å². The molecule has 3 rings (SSSR count). The first-order valence-electron chi connectivity index (χ1n) is 7.92. The summed E-state index contributed by atoms with van der Waals surface area (Å²) in [5.74, 6) is -1.98. The molecule has 5 heteroatoms. The van der Waals surface area contributed by atoms with Crippen LogP contribution in [0.1, 0.15) is 25.7 Å². The zero-order chi connectivity index (χ0) is 17.4. The Kier molecular flexibility index (Phi) is 4.50. The maximum atomic E-state index is 14.9. The lowest BCUT2D eigenvalue weighted by molar-refractivity contribution is -0.132. The smallest absolute Gasteiger partial charge is 0.333 e. The normalized spacial score (nSPS) is 25.2. The van der Waals surface area contributed by atoms with Gasteiger partial charge in [0.05, 0.1) is 22.2 Å². The number of hydrogen-bond donors (Lipinski definition) is 2. The summed E-state index contributed by atoms with van der Waals surface area (Å²) in [5, 5.41) is 9.04. The molecule has 0 saturated heterocycles. The van der Waals surface area contributed by atoms with Crippen molar-refractivity contribution in [3.63, 3.8) is 0 Å². The first-order valence-corrected chi connectivity index (χ1v) is 8.30. The summed E-state index contributed by atoms with van der Waals surface area (Å²) in [6.45, 7) is 3.90. The van der Waals surface area contributed by atoms with Crippen LogP contribution in [0.25, 0.3) is 0 Å². The molecule has 0 heterocycles. The second kappa shape index (κ2) is 6.44. The molecule has 0 aromatic carbocycles. The van der Waals surface area contributed by atoms with E-state index >= 15 is 0 Å². The fraction of sp³-hybridized carbons (Fsp3) is 0.316. The van der Waals surface area contributed by atoms with E-state index in [0.717, 1.165) is 6.42 Å². The topological polar surface area (TPSA) is 63.3 Å². The quantitative estimate of drug-likeness (QED) is 0.739. The fourth-order valence-electron chi connectivity index (χ4n) is 3.17. The standard InChI is InChI=1S/C19H19ClFNO2/c1-10-9-14(19(23)24)16(20)18(22)17(21)15(10)13-4-2-3-11(7-8-13)12-5-6-12/h2,4,7-8,12,15H,1,3,5-6,9,22H2,(H,23,24). The molecule has 3 N–H and O–H groups in total. The second-order valence-corrected chi connectivity index (χ2v) is 6.79. The zero-order valence-electron chi connectivity index (χ0n) is 13.2. The van der Waals surface area contributed by atoms with Crippen molar-refractivity contribution in [1.29, 1.82) is 0 Å². The van der Waals surface area contributed by atoms with Crippen LogP contribution in [-0.4, -0.2) is 11.1 Å². The van der Waals surface area contributed by atoms with E-state index in [-0.39, 0.29) is 22.7 Å². The van der Waals surface area contributed by atoms with Crippen molar-refractivity contribution in [2.24, 2.45) is 17.6 Å². The van der Waals surface area contributed by atoms with Gasteiger partial charge in [0.15, 0.2) is 0 Å². The highest BCUT2D eigenvalue weighted by atomic mass is 35.5. The lowest BCUT2D eigenvalue weighted by Gasteiger charge is -2.18. The number of carboxylic acids is 1. The van der Waals surface area contributed by atoms with Crippen molar-refractivity contribution < 1.29 is 14.3 Å². The van der Waals surface area contributed by atoms with Crippen LogP contribution in [0.4, 0.5) is 4.39 Å². The van der Waals surface area contributed by atoms with E-state index in [2.05, 4.69) is 6.58 Å². The lowest BCUT2D eigenvalue weighted by atomic mass is 9.87. The molecular formula is C19H19ClFNO2. The highest BCUT2D eigenvalue weighted by molar-refractivity contribution is 6.34. The Hall–Kier alpha value is -2.07. The molecular weight excluding hydrogens is 329 g/mol. The molecule has 0 aromatic rings. The highest BCUT2D eigenvalue weighted by Gasteiger charge is 2.32. The predicted octanol–water partition coefficient (Wildman–Crippen LogP) is 4.50. The minimum absolute atomic E-state index is 0.0165. The maximum Gasteiger partial charge on any atom is 0.333 e. The summed E-state index contributed by atoms with van der Waals surface area (Å²) >= 11 is 5.99. The van der Waals surface area contributed by atoms with Crippen LogP contribution < -0.4 is 5.73 Å². The van der Waals surface area contributed by atoms with Crippen LogP contribution >= 0.6 is 11.6 Å². The molecule has 3 aliphatic carbocycles. The Morgan fingerprint density at radius 1 is 1.38 bits per heavy atom. The minimum atomic E-state index is -1.21. The molecule has 1 atom stereocenters. The van der Waals surface area contributed by atoms with Gasteiger partial charge in [-0.2, -0.15) is 0 Å². The van der Waals surface area contributed by atoms with Crippen molar-refractivity contribution in [2.45, 2.75) is 25.7 Å². The average molecular weight is 348 g/mol. The molecule has 0 aromatic heterocycles. The Morgan fingerprint density at radius 2 is 2.08 bits per heavy atom. The van der Waals surface area contributed by atoms with Gasteiger partial charge in [-0.05, 0) is 30.8 Å².